The molecular weight excluding hydrogens is 208 g/mol. The maximum atomic E-state index is 10.9. The molecule has 16 heavy (non-hydrogen) atoms. The number of fused-ring (bicyclic) bond motifs is 1. The number of aldehydes is 1. The van der Waals surface area contributed by atoms with Gasteiger partial charge in [-0.05, 0) is 12.5 Å². The van der Waals surface area contributed by atoms with E-state index in [9.17, 15) is 4.79 Å². The third kappa shape index (κ3) is 2.02. The first-order chi connectivity index (χ1) is 7.86. The standard InChI is InChI=1S/C12H14O4/c13-5-4-9-2-3-10(8-14)12-11(9)15-6-1-7-16-12/h2-3,8,13H,1,4-7H2. The van der Waals surface area contributed by atoms with E-state index in [1.807, 2.05) is 0 Å². The molecule has 2 rings (SSSR count). The first-order valence-corrected chi connectivity index (χ1v) is 5.34. The molecule has 4 nitrogen and oxygen atoms in total. The van der Waals surface area contributed by atoms with Gasteiger partial charge in [0.25, 0.3) is 0 Å². The maximum absolute atomic E-state index is 10.9. The Morgan fingerprint density at radius 1 is 1.25 bits per heavy atom. The molecule has 0 saturated heterocycles. The predicted molar refractivity (Wildman–Crippen MR) is 58.2 cm³/mol. The molecule has 1 aliphatic heterocycles. The van der Waals surface area contributed by atoms with Crippen molar-refractivity contribution in [3.8, 4) is 11.5 Å². The molecule has 1 N–H and O–H groups in total. The molecule has 0 bridgehead atoms. The average Bonchev–Trinajstić information content (AvgIpc) is 2.55. The lowest BCUT2D eigenvalue weighted by molar-refractivity contribution is 0.111. The van der Waals surface area contributed by atoms with Crippen molar-refractivity contribution >= 4 is 6.29 Å². The van der Waals surface area contributed by atoms with Gasteiger partial charge in [-0.15, -0.1) is 0 Å². The smallest absolute Gasteiger partial charge is 0.171 e. The van der Waals surface area contributed by atoms with Crippen molar-refractivity contribution in [3.05, 3.63) is 23.3 Å². The molecule has 1 aromatic rings. The van der Waals surface area contributed by atoms with E-state index in [1.54, 1.807) is 12.1 Å². The van der Waals surface area contributed by atoms with Crippen molar-refractivity contribution in [2.45, 2.75) is 12.8 Å². The van der Waals surface area contributed by atoms with Gasteiger partial charge in [0.05, 0.1) is 18.8 Å². The zero-order chi connectivity index (χ0) is 11.4. The molecule has 0 radical (unpaired) electrons. The number of benzene rings is 1. The van der Waals surface area contributed by atoms with Crippen LogP contribution in [0, 0.1) is 0 Å². The summed E-state index contributed by atoms with van der Waals surface area (Å²) in [4.78, 5) is 10.9. The molecule has 0 spiro atoms. The van der Waals surface area contributed by atoms with Gasteiger partial charge in [0.2, 0.25) is 0 Å². The van der Waals surface area contributed by atoms with Crippen LogP contribution in [0.25, 0.3) is 0 Å². The van der Waals surface area contributed by atoms with Crippen LogP contribution in [0.15, 0.2) is 12.1 Å². The Morgan fingerprint density at radius 2 is 2.00 bits per heavy atom. The zero-order valence-electron chi connectivity index (χ0n) is 8.94. The Labute approximate surface area is 93.8 Å². The number of aliphatic hydroxyl groups excluding tert-OH is 1. The molecule has 0 amide bonds. The minimum absolute atomic E-state index is 0.0518. The van der Waals surface area contributed by atoms with E-state index in [1.165, 1.54) is 0 Å². The quantitative estimate of drug-likeness (QED) is 0.781. The van der Waals surface area contributed by atoms with Gasteiger partial charge in [-0.25, -0.2) is 0 Å². The van der Waals surface area contributed by atoms with E-state index < -0.39 is 0 Å². The van der Waals surface area contributed by atoms with Crippen LogP contribution in [0.1, 0.15) is 22.3 Å². The van der Waals surface area contributed by atoms with Crippen LogP contribution in [0.4, 0.5) is 0 Å². The van der Waals surface area contributed by atoms with Crippen LogP contribution in [0.2, 0.25) is 0 Å². The van der Waals surface area contributed by atoms with Crippen molar-refractivity contribution in [2.24, 2.45) is 0 Å². The Hall–Kier alpha value is -1.55. The zero-order valence-corrected chi connectivity index (χ0v) is 8.94. The van der Waals surface area contributed by atoms with Crippen LogP contribution in [0.5, 0.6) is 11.5 Å². The van der Waals surface area contributed by atoms with E-state index in [0.717, 1.165) is 18.3 Å². The second kappa shape index (κ2) is 4.99. The Balaban J connectivity index is 2.47. The summed E-state index contributed by atoms with van der Waals surface area (Å²) in [6.07, 6.45) is 2.06. The third-order valence-corrected chi connectivity index (χ3v) is 2.51. The Morgan fingerprint density at radius 3 is 2.69 bits per heavy atom. The van der Waals surface area contributed by atoms with E-state index in [4.69, 9.17) is 14.6 Å². The normalized spacial score (nSPS) is 14.3. The molecule has 0 aromatic heterocycles. The van der Waals surface area contributed by atoms with Gasteiger partial charge in [-0.1, -0.05) is 6.07 Å². The minimum atomic E-state index is 0.0518. The highest BCUT2D eigenvalue weighted by molar-refractivity contribution is 5.82. The molecule has 86 valence electrons. The Bertz CT molecular complexity index is 387. The van der Waals surface area contributed by atoms with Gasteiger partial charge < -0.3 is 14.6 Å². The van der Waals surface area contributed by atoms with Crippen LogP contribution < -0.4 is 9.47 Å². The van der Waals surface area contributed by atoms with Crippen molar-refractivity contribution in [1.29, 1.82) is 0 Å². The first-order valence-electron chi connectivity index (χ1n) is 5.34. The van der Waals surface area contributed by atoms with E-state index in [0.29, 0.717) is 36.7 Å². The highest BCUT2D eigenvalue weighted by Gasteiger charge is 2.18. The summed E-state index contributed by atoms with van der Waals surface area (Å²) in [6, 6.07) is 3.50. The largest absolute Gasteiger partial charge is 0.489 e. The van der Waals surface area contributed by atoms with E-state index in [-0.39, 0.29) is 6.61 Å². The number of hydrogen-bond acceptors (Lipinski definition) is 4. The lowest BCUT2D eigenvalue weighted by Gasteiger charge is -2.13. The maximum Gasteiger partial charge on any atom is 0.171 e. The van der Waals surface area contributed by atoms with Crippen molar-refractivity contribution in [1.82, 2.24) is 0 Å². The fraction of sp³-hybridized carbons (Fsp3) is 0.417. The number of rotatable bonds is 3. The Kier molecular flexibility index (Phi) is 3.41. The molecule has 4 heteroatoms. The number of ether oxygens (including phenoxy) is 2. The second-order valence-electron chi connectivity index (χ2n) is 3.61. The van der Waals surface area contributed by atoms with Crippen molar-refractivity contribution < 1.29 is 19.4 Å². The molecule has 0 aliphatic carbocycles. The molecule has 1 aromatic carbocycles. The summed E-state index contributed by atoms with van der Waals surface area (Å²) in [5.74, 6) is 1.12. The number of hydrogen-bond donors (Lipinski definition) is 1. The van der Waals surface area contributed by atoms with Crippen LogP contribution in [0.3, 0.4) is 0 Å². The fourth-order valence-electron chi connectivity index (χ4n) is 1.74. The SMILES string of the molecule is O=Cc1ccc(CCO)c2c1OCCCO2. The summed E-state index contributed by atoms with van der Waals surface area (Å²) in [7, 11) is 0. The molecule has 1 heterocycles. The van der Waals surface area contributed by atoms with Crippen LogP contribution in [-0.4, -0.2) is 31.2 Å². The van der Waals surface area contributed by atoms with Gasteiger partial charge >= 0.3 is 0 Å². The average molecular weight is 222 g/mol. The minimum Gasteiger partial charge on any atom is -0.489 e. The van der Waals surface area contributed by atoms with Gasteiger partial charge in [0.1, 0.15) is 0 Å². The summed E-state index contributed by atoms with van der Waals surface area (Å²) in [6.45, 7) is 1.18. The van der Waals surface area contributed by atoms with E-state index >= 15 is 0 Å². The highest BCUT2D eigenvalue weighted by atomic mass is 16.5. The summed E-state index contributed by atoms with van der Waals surface area (Å²) in [5, 5.41) is 8.95. The third-order valence-electron chi connectivity index (χ3n) is 2.51. The molecule has 0 saturated carbocycles. The van der Waals surface area contributed by atoms with Crippen LogP contribution >= 0.6 is 0 Å². The lowest BCUT2D eigenvalue weighted by Crippen LogP contribution is -2.01. The molecule has 1 aliphatic rings. The van der Waals surface area contributed by atoms with E-state index in [2.05, 4.69) is 0 Å². The number of carbonyl (C=O) groups is 1. The molecule has 0 atom stereocenters. The first kappa shape index (κ1) is 11.0. The second-order valence-corrected chi connectivity index (χ2v) is 3.61. The van der Waals surface area contributed by atoms with Crippen molar-refractivity contribution in [3.63, 3.8) is 0 Å². The lowest BCUT2D eigenvalue weighted by atomic mass is 10.1. The summed E-state index contributed by atoms with van der Waals surface area (Å²) >= 11 is 0. The number of aliphatic hydroxyl groups is 1. The summed E-state index contributed by atoms with van der Waals surface area (Å²) in [5.41, 5.74) is 1.38. The van der Waals surface area contributed by atoms with Gasteiger partial charge in [0, 0.05) is 18.6 Å². The van der Waals surface area contributed by atoms with Gasteiger partial charge in [-0.3, -0.25) is 4.79 Å². The molecule has 0 unspecified atom stereocenters. The summed E-state index contributed by atoms with van der Waals surface area (Å²) < 4.78 is 11.1. The highest BCUT2D eigenvalue weighted by Crippen LogP contribution is 2.36. The topological polar surface area (TPSA) is 55.8 Å². The van der Waals surface area contributed by atoms with Crippen molar-refractivity contribution in [2.75, 3.05) is 19.8 Å². The molecular formula is C12H14O4. The number of carbonyl (C=O) groups excluding carboxylic acids is 1. The predicted octanol–water partition coefficient (Wildman–Crippen LogP) is 1.20. The van der Waals surface area contributed by atoms with Gasteiger partial charge in [0.15, 0.2) is 17.8 Å². The van der Waals surface area contributed by atoms with Crippen LogP contribution in [-0.2, 0) is 6.42 Å². The van der Waals surface area contributed by atoms with Gasteiger partial charge in [-0.2, -0.15) is 0 Å². The molecule has 0 fully saturated rings. The monoisotopic (exact) mass is 222 g/mol. The fourth-order valence-corrected chi connectivity index (χ4v) is 1.74.